The van der Waals surface area contributed by atoms with Crippen LogP contribution in [0.25, 0.3) is 0 Å². The van der Waals surface area contributed by atoms with Crippen molar-refractivity contribution in [1.82, 2.24) is 4.90 Å². The monoisotopic (exact) mass is 254 g/mol. The van der Waals surface area contributed by atoms with Crippen molar-refractivity contribution in [2.24, 2.45) is 11.1 Å². The number of carbonyl (C=O) groups excluding carboxylic acids is 1. The SMILES string of the molecule is Cc1ccc(CC(=O)N(C)CC(C)(C)CN)s1. The number of thiophene rings is 1. The molecule has 2 N–H and O–H groups in total. The number of nitrogens with two attached hydrogens (primary N) is 1. The van der Waals surface area contributed by atoms with E-state index in [2.05, 4.69) is 26.8 Å². The summed E-state index contributed by atoms with van der Waals surface area (Å²) in [6.07, 6.45) is 0.496. The standard InChI is InChI=1S/C13H22N2OS/c1-10-5-6-11(17-10)7-12(16)15(4)9-13(2,3)8-14/h5-6H,7-9,14H2,1-4H3. The first-order chi connectivity index (χ1) is 7.84. The second kappa shape index (κ2) is 5.65. The fourth-order valence-corrected chi connectivity index (χ4v) is 2.54. The van der Waals surface area contributed by atoms with Crippen molar-refractivity contribution < 1.29 is 4.79 Å². The van der Waals surface area contributed by atoms with E-state index < -0.39 is 0 Å². The lowest BCUT2D eigenvalue weighted by Gasteiger charge is -2.29. The Balaban J connectivity index is 2.53. The number of hydrogen-bond acceptors (Lipinski definition) is 3. The third-order valence-electron chi connectivity index (χ3n) is 2.77. The maximum absolute atomic E-state index is 12.0. The molecule has 1 rings (SSSR count). The number of hydrogen-bond donors (Lipinski definition) is 1. The fraction of sp³-hybridized carbons (Fsp3) is 0.615. The van der Waals surface area contributed by atoms with Gasteiger partial charge in [0.2, 0.25) is 5.91 Å². The Labute approximate surface area is 108 Å². The Morgan fingerprint density at radius 1 is 1.47 bits per heavy atom. The van der Waals surface area contributed by atoms with Crippen LogP contribution in [0.5, 0.6) is 0 Å². The Morgan fingerprint density at radius 2 is 2.12 bits per heavy atom. The minimum absolute atomic E-state index is 0.0181. The summed E-state index contributed by atoms with van der Waals surface area (Å²) in [5, 5.41) is 0. The molecule has 1 aromatic heterocycles. The molecule has 3 nitrogen and oxygen atoms in total. The molecule has 0 atom stereocenters. The van der Waals surface area contributed by atoms with E-state index in [4.69, 9.17) is 5.73 Å². The lowest BCUT2D eigenvalue weighted by Crippen LogP contribution is -2.40. The number of likely N-dealkylation sites (N-methyl/N-ethyl adjacent to an activating group) is 1. The van der Waals surface area contributed by atoms with Gasteiger partial charge in [-0.3, -0.25) is 4.79 Å². The van der Waals surface area contributed by atoms with Crippen LogP contribution in [-0.4, -0.2) is 30.9 Å². The average Bonchev–Trinajstić information content (AvgIpc) is 2.63. The second-order valence-corrected chi connectivity index (χ2v) is 6.68. The van der Waals surface area contributed by atoms with Crippen LogP contribution in [0.1, 0.15) is 23.6 Å². The molecule has 17 heavy (non-hydrogen) atoms. The highest BCUT2D eigenvalue weighted by atomic mass is 32.1. The van der Waals surface area contributed by atoms with Crippen molar-refractivity contribution in [1.29, 1.82) is 0 Å². The predicted octanol–water partition coefficient (Wildman–Crippen LogP) is 2.04. The molecule has 0 aliphatic rings. The summed E-state index contributed by atoms with van der Waals surface area (Å²) in [6.45, 7) is 7.49. The van der Waals surface area contributed by atoms with Gasteiger partial charge in [-0.05, 0) is 31.0 Å². The quantitative estimate of drug-likeness (QED) is 0.874. The molecule has 1 amide bonds. The van der Waals surface area contributed by atoms with E-state index >= 15 is 0 Å². The van der Waals surface area contributed by atoms with Crippen molar-refractivity contribution in [2.45, 2.75) is 27.2 Å². The van der Waals surface area contributed by atoms with Gasteiger partial charge in [-0.1, -0.05) is 13.8 Å². The van der Waals surface area contributed by atoms with Gasteiger partial charge in [0.1, 0.15) is 0 Å². The summed E-state index contributed by atoms with van der Waals surface area (Å²) >= 11 is 1.69. The average molecular weight is 254 g/mol. The molecule has 0 spiro atoms. The van der Waals surface area contributed by atoms with E-state index in [9.17, 15) is 4.79 Å². The van der Waals surface area contributed by atoms with Gasteiger partial charge in [0.15, 0.2) is 0 Å². The van der Waals surface area contributed by atoms with E-state index in [0.29, 0.717) is 19.5 Å². The maximum Gasteiger partial charge on any atom is 0.227 e. The van der Waals surface area contributed by atoms with Gasteiger partial charge < -0.3 is 10.6 Å². The molecular formula is C13H22N2OS. The van der Waals surface area contributed by atoms with Crippen LogP contribution in [0.15, 0.2) is 12.1 Å². The zero-order chi connectivity index (χ0) is 13.1. The first kappa shape index (κ1) is 14.2. The number of nitrogens with zero attached hydrogens (tertiary/aromatic N) is 1. The molecule has 0 saturated heterocycles. The maximum atomic E-state index is 12.0. The summed E-state index contributed by atoms with van der Waals surface area (Å²) in [7, 11) is 1.85. The van der Waals surface area contributed by atoms with Crippen molar-refractivity contribution in [2.75, 3.05) is 20.1 Å². The van der Waals surface area contributed by atoms with Crippen molar-refractivity contribution in [3.8, 4) is 0 Å². The van der Waals surface area contributed by atoms with E-state index in [-0.39, 0.29) is 11.3 Å². The van der Waals surface area contributed by atoms with Gasteiger partial charge in [-0.15, -0.1) is 11.3 Å². The van der Waals surface area contributed by atoms with Crippen LogP contribution in [0.4, 0.5) is 0 Å². The number of carbonyl (C=O) groups is 1. The molecule has 0 saturated carbocycles. The van der Waals surface area contributed by atoms with Crippen molar-refractivity contribution in [3.05, 3.63) is 21.9 Å². The second-order valence-electron chi connectivity index (χ2n) is 5.31. The number of aryl methyl sites for hydroxylation is 1. The summed E-state index contributed by atoms with van der Waals surface area (Å²) in [5.41, 5.74) is 5.66. The molecule has 0 aliphatic carbocycles. The Hall–Kier alpha value is -0.870. The molecule has 0 aromatic carbocycles. The molecule has 96 valence electrons. The third-order valence-corrected chi connectivity index (χ3v) is 3.77. The van der Waals surface area contributed by atoms with Crippen LogP contribution in [0.2, 0.25) is 0 Å². The minimum Gasteiger partial charge on any atom is -0.345 e. The van der Waals surface area contributed by atoms with Gasteiger partial charge in [0.05, 0.1) is 6.42 Å². The lowest BCUT2D eigenvalue weighted by molar-refractivity contribution is -0.130. The Bertz CT molecular complexity index is 385. The largest absolute Gasteiger partial charge is 0.345 e. The normalized spacial score (nSPS) is 11.6. The smallest absolute Gasteiger partial charge is 0.227 e. The summed E-state index contributed by atoms with van der Waals surface area (Å²) < 4.78 is 0. The highest BCUT2D eigenvalue weighted by Crippen LogP contribution is 2.18. The molecular weight excluding hydrogens is 232 g/mol. The molecule has 0 unspecified atom stereocenters. The van der Waals surface area contributed by atoms with Crippen LogP contribution >= 0.6 is 11.3 Å². The lowest BCUT2D eigenvalue weighted by atomic mass is 9.93. The van der Waals surface area contributed by atoms with E-state index in [1.807, 2.05) is 13.1 Å². The molecule has 0 radical (unpaired) electrons. The van der Waals surface area contributed by atoms with Crippen molar-refractivity contribution in [3.63, 3.8) is 0 Å². The van der Waals surface area contributed by atoms with Gasteiger partial charge in [-0.25, -0.2) is 0 Å². The highest BCUT2D eigenvalue weighted by molar-refractivity contribution is 7.12. The van der Waals surface area contributed by atoms with Crippen LogP contribution < -0.4 is 5.73 Å². The van der Waals surface area contributed by atoms with Crippen LogP contribution in [-0.2, 0) is 11.2 Å². The van der Waals surface area contributed by atoms with Gasteiger partial charge in [0, 0.05) is 23.3 Å². The van der Waals surface area contributed by atoms with Gasteiger partial charge in [0.25, 0.3) is 0 Å². The Morgan fingerprint density at radius 3 is 2.59 bits per heavy atom. The zero-order valence-corrected chi connectivity index (χ0v) is 11.9. The Kier molecular flexibility index (Phi) is 4.71. The molecule has 4 heteroatoms. The summed E-state index contributed by atoms with van der Waals surface area (Å²) in [5.74, 6) is 0.161. The first-order valence-electron chi connectivity index (χ1n) is 5.83. The topological polar surface area (TPSA) is 46.3 Å². The molecule has 0 bridgehead atoms. The van der Waals surface area contributed by atoms with Gasteiger partial charge in [-0.2, -0.15) is 0 Å². The van der Waals surface area contributed by atoms with Crippen LogP contribution in [0.3, 0.4) is 0 Å². The summed E-state index contributed by atoms with van der Waals surface area (Å²) in [6, 6.07) is 4.08. The number of amides is 1. The molecule has 0 fully saturated rings. The van der Waals surface area contributed by atoms with Crippen molar-refractivity contribution >= 4 is 17.2 Å². The zero-order valence-electron chi connectivity index (χ0n) is 11.1. The highest BCUT2D eigenvalue weighted by Gasteiger charge is 2.21. The molecule has 1 aromatic rings. The number of rotatable bonds is 5. The first-order valence-corrected chi connectivity index (χ1v) is 6.65. The minimum atomic E-state index is -0.0181. The third kappa shape index (κ3) is 4.48. The predicted molar refractivity (Wildman–Crippen MR) is 73.2 cm³/mol. The summed E-state index contributed by atoms with van der Waals surface area (Å²) in [4.78, 5) is 16.2. The van der Waals surface area contributed by atoms with E-state index in [0.717, 1.165) is 4.88 Å². The fourth-order valence-electron chi connectivity index (χ4n) is 1.66. The van der Waals surface area contributed by atoms with E-state index in [1.54, 1.807) is 16.2 Å². The van der Waals surface area contributed by atoms with Crippen LogP contribution in [0, 0.1) is 12.3 Å². The van der Waals surface area contributed by atoms with Gasteiger partial charge >= 0.3 is 0 Å². The molecule has 0 aliphatic heterocycles. The molecule has 1 heterocycles. The van der Waals surface area contributed by atoms with E-state index in [1.165, 1.54) is 4.88 Å².